The van der Waals surface area contributed by atoms with E-state index in [4.69, 9.17) is 4.74 Å². The summed E-state index contributed by atoms with van der Waals surface area (Å²) in [5, 5.41) is 0.542. The van der Waals surface area contributed by atoms with Crippen LogP contribution in [0.1, 0.15) is 11.1 Å². The summed E-state index contributed by atoms with van der Waals surface area (Å²) in [6, 6.07) is 14.8. The van der Waals surface area contributed by atoms with Crippen LogP contribution in [0.15, 0.2) is 77.8 Å². The second-order valence-corrected chi connectivity index (χ2v) is 11.2. The van der Waals surface area contributed by atoms with Crippen LogP contribution in [0.25, 0.3) is 32.0 Å². The topological polar surface area (TPSA) is 81.2 Å². The van der Waals surface area contributed by atoms with Gasteiger partial charge in [-0.2, -0.15) is 13.2 Å². The van der Waals surface area contributed by atoms with Crippen LogP contribution in [0.4, 0.5) is 23.2 Å². The maximum Gasteiger partial charge on any atom is 0.416 e. The molecule has 1 N–H and O–H groups in total. The molecule has 5 rings (SSSR count). The highest BCUT2D eigenvalue weighted by molar-refractivity contribution is 7.92. The van der Waals surface area contributed by atoms with Crippen molar-refractivity contribution in [1.29, 1.82) is 0 Å². The van der Waals surface area contributed by atoms with Crippen LogP contribution in [0, 0.1) is 12.7 Å². The number of benzene rings is 3. The third kappa shape index (κ3) is 5.30. The zero-order chi connectivity index (χ0) is 27.9. The molecule has 0 radical (unpaired) electrons. The van der Waals surface area contributed by atoms with Crippen molar-refractivity contribution in [2.24, 2.45) is 0 Å². The highest BCUT2D eigenvalue weighted by atomic mass is 32.2. The molecule has 5 aromatic rings. The molecule has 0 amide bonds. The Hall–Kier alpha value is -4.03. The summed E-state index contributed by atoms with van der Waals surface area (Å²) >= 11 is 1.26. The van der Waals surface area contributed by atoms with Gasteiger partial charge in [0.1, 0.15) is 31.8 Å². The molecule has 200 valence electrons. The predicted octanol–water partition coefficient (Wildman–Crippen LogP) is 7.30. The van der Waals surface area contributed by atoms with Crippen molar-refractivity contribution >= 4 is 37.4 Å². The van der Waals surface area contributed by atoms with Gasteiger partial charge in [0.25, 0.3) is 10.0 Å². The van der Waals surface area contributed by atoms with Gasteiger partial charge in [-0.1, -0.05) is 35.6 Å². The van der Waals surface area contributed by atoms with Gasteiger partial charge in [0.2, 0.25) is 0 Å². The van der Waals surface area contributed by atoms with Crippen LogP contribution >= 0.6 is 11.3 Å². The monoisotopic (exact) mass is 573 g/mol. The van der Waals surface area contributed by atoms with E-state index in [1.807, 2.05) is 0 Å². The Morgan fingerprint density at radius 2 is 1.74 bits per heavy atom. The molecule has 0 saturated carbocycles. The minimum Gasteiger partial charge on any atom is -0.495 e. The molecule has 0 atom stereocenters. The lowest BCUT2D eigenvalue weighted by atomic mass is 10.0. The number of alkyl halides is 3. The van der Waals surface area contributed by atoms with E-state index >= 15 is 0 Å². The van der Waals surface area contributed by atoms with E-state index in [0.29, 0.717) is 37.6 Å². The molecule has 39 heavy (non-hydrogen) atoms. The summed E-state index contributed by atoms with van der Waals surface area (Å²) < 4.78 is 87.0. The highest BCUT2D eigenvalue weighted by Gasteiger charge is 2.30. The average Bonchev–Trinajstić information content (AvgIpc) is 3.32. The van der Waals surface area contributed by atoms with E-state index < -0.39 is 27.6 Å². The lowest BCUT2D eigenvalue weighted by molar-refractivity contribution is -0.137. The summed E-state index contributed by atoms with van der Waals surface area (Å²) in [5.41, 5.74) is 2.01. The summed E-state index contributed by atoms with van der Waals surface area (Å²) in [6.45, 7) is 1.71. The lowest BCUT2D eigenvalue weighted by Crippen LogP contribution is -2.15. The summed E-state index contributed by atoms with van der Waals surface area (Å²) in [5.74, 6) is -0.736. The molecule has 6 nitrogen and oxygen atoms in total. The van der Waals surface area contributed by atoms with Gasteiger partial charge in [0.15, 0.2) is 0 Å². The number of halogens is 4. The smallest absolute Gasteiger partial charge is 0.416 e. The number of pyridine rings is 1. The lowest BCUT2D eigenvalue weighted by Gasteiger charge is -2.14. The molecular weight excluding hydrogens is 554 g/mol. The standard InChI is InChI=1S/C27H19F4N3O3S2/c1-15-20(7-4-8-21(15)34-39(35,36)24-13-19(28)9-10-23(24)37-2)25-33-22-12-17(14-32-26(22)38-25)16-5-3-6-18(11-16)27(29,30)31/h3-14,34H,1-2H3. The van der Waals surface area contributed by atoms with E-state index in [2.05, 4.69) is 14.7 Å². The van der Waals surface area contributed by atoms with Crippen molar-refractivity contribution in [2.45, 2.75) is 18.0 Å². The second-order valence-electron chi connectivity index (χ2n) is 8.52. The number of fused-ring (bicyclic) bond motifs is 1. The summed E-state index contributed by atoms with van der Waals surface area (Å²) in [4.78, 5) is 9.23. The molecular formula is C27H19F4N3O3S2. The van der Waals surface area contributed by atoms with Gasteiger partial charge < -0.3 is 4.74 Å². The zero-order valence-electron chi connectivity index (χ0n) is 20.4. The number of thiazole rings is 1. The van der Waals surface area contributed by atoms with E-state index in [9.17, 15) is 26.0 Å². The number of sulfonamides is 1. The molecule has 2 heterocycles. The minimum absolute atomic E-state index is 0.00784. The normalized spacial score (nSPS) is 12.1. The van der Waals surface area contributed by atoms with Crippen LogP contribution in [-0.2, 0) is 16.2 Å². The highest BCUT2D eigenvalue weighted by Crippen LogP contribution is 2.37. The quantitative estimate of drug-likeness (QED) is 0.216. The maximum atomic E-state index is 13.8. The number of rotatable bonds is 6. The number of anilines is 1. The van der Waals surface area contributed by atoms with Crippen molar-refractivity contribution in [2.75, 3.05) is 11.8 Å². The van der Waals surface area contributed by atoms with Gasteiger partial charge in [-0.25, -0.2) is 22.8 Å². The number of nitrogens with one attached hydrogen (secondary N) is 1. The number of nitrogens with zero attached hydrogens (tertiary/aromatic N) is 2. The number of aromatic nitrogens is 2. The van der Waals surface area contributed by atoms with Crippen LogP contribution < -0.4 is 9.46 Å². The Morgan fingerprint density at radius 3 is 2.49 bits per heavy atom. The number of methoxy groups -OCH3 is 1. The van der Waals surface area contributed by atoms with E-state index in [1.165, 1.54) is 36.8 Å². The SMILES string of the molecule is COc1ccc(F)cc1S(=O)(=O)Nc1cccc(-c2nc3cc(-c4cccc(C(F)(F)F)c4)cnc3s2)c1C. The Labute approximate surface area is 225 Å². The largest absolute Gasteiger partial charge is 0.495 e. The molecule has 0 aliphatic carbocycles. The van der Waals surface area contributed by atoms with Crippen LogP contribution in [-0.4, -0.2) is 25.5 Å². The first-order valence-corrected chi connectivity index (χ1v) is 13.7. The third-order valence-electron chi connectivity index (χ3n) is 5.99. The van der Waals surface area contributed by atoms with Crippen LogP contribution in [0.5, 0.6) is 5.75 Å². The first-order valence-electron chi connectivity index (χ1n) is 11.4. The van der Waals surface area contributed by atoms with Crippen molar-refractivity contribution in [1.82, 2.24) is 9.97 Å². The van der Waals surface area contributed by atoms with E-state index in [0.717, 1.165) is 24.3 Å². The Kier molecular flexibility index (Phi) is 6.77. The Bertz CT molecular complexity index is 1820. The predicted molar refractivity (Wildman–Crippen MR) is 142 cm³/mol. The average molecular weight is 574 g/mol. The number of ether oxygens (including phenoxy) is 1. The van der Waals surface area contributed by atoms with Gasteiger partial charge in [-0.05, 0) is 60.5 Å². The molecule has 0 spiro atoms. The maximum absolute atomic E-state index is 13.8. The fraction of sp³-hybridized carbons (Fsp3) is 0.111. The summed E-state index contributed by atoms with van der Waals surface area (Å²) in [7, 11) is -2.91. The van der Waals surface area contributed by atoms with Crippen LogP contribution in [0.3, 0.4) is 0 Å². The second kappa shape index (κ2) is 9.93. The number of hydrogen-bond acceptors (Lipinski definition) is 6. The third-order valence-corrected chi connectivity index (χ3v) is 8.39. The molecule has 0 bridgehead atoms. The van der Waals surface area contributed by atoms with Gasteiger partial charge >= 0.3 is 6.18 Å². The van der Waals surface area contributed by atoms with E-state index in [-0.39, 0.29) is 16.3 Å². The zero-order valence-corrected chi connectivity index (χ0v) is 22.0. The molecule has 12 heteroatoms. The van der Waals surface area contributed by atoms with Crippen molar-refractivity contribution < 1.29 is 30.7 Å². The van der Waals surface area contributed by atoms with E-state index in [1.54, 1.807) is 37.3 Å². The summed E-state index contributed by atoms with van der Waals surface area (Å²) in [6.07, 6.45) is -2.98. The molecule has 3 aromatic carbocycles. The first kappa shape index (κ1) is 26.6. The van der Waals surface area contributed by atoms with Gasteiger partial charge in [-0.15, -0.1) is 0 Å². The van der Waals surface area contributed by atoms with Crippen molar-refractivity contribution in [3.05, 3.63) is 89.9 Å². The first-order chi connectivity index (χ1) is 18.5. The Morgan fingerprint density at radius 1 is 0.974 bits per heavy atom. The fourth-order valence-corrected chi connectivity index (χ4v) is 6.29. The van der Waals surface area contributed by atoms with Gasteiger partial charge in [0.05, 0.1) is 18.4 Å². The molecule has 0 aliphatic heterocycles. The number of hydrogen-bond donors (Lipinski definition) is 1. The molecule has 0 fully saturated rings. The minimum atomic E-state index is -4.47. The van der Waals surface area contributed by atoms with Crippen molar-refractivity contribution in [3.63, 3.8) is 0 Å². The molecule has 0 saturated heterocycles. The molecule has 2 aromatic heterocycles. The molecule has 0 aliphatic rings. The molecule has 0 unspecified atom stereocenters. The Balaban J connectivity index is 1.50. The van der Waals surface area contributed by atoms with Crippen LogP contribution in [0.2, 0.25) is 0 Å². The van der Waals surface area contributed by atoms with Crippen molar-refractivity contribution in [3.8, 4) is 27.4 Å². The van der Waals surface area contributed by atoms with Gasteiger partial charge in [0, 0.05) is 17.3 Å². The van der Waals surface area contributed by atoms with Gasteiger partial charge in [-0.3, -0.25) is 4.72 Å². The fourth-order valence-electron chi connectivity index (χ4n) is 4.01.